The first kappa shape index (κ1) is 20.0. The number of hydrogen-bond donors (Lipinski definition) is 2. The number of benzene rings is 3. The molecular weight excluding hydrogens is 416 g/mol. The Kier molecular flexibility index (Phi) is 7.50. The number of nitrogens with one attached hydrogen (secondary N) is 2. The molecule has 0 bridgehead atoms. The fourth-order valence-corrected chi connectivity index (χ4v) is 2.99. The first-order chi connectivity index (χ1) is 13.7. The average molecular weight is 439 g/mol. The van der Waals surface area contributed by atoms with Crippen LogP contribution in [0.3, 0.4) is 0 Å². The Morgan fingerprint density at radius 1 is 0.893 bits per heavy atom. The molecule has 0 unspecified atom stereocenters. The minimum absolute atomic E-state index is 0.100. The third-order valence-corrected chi connectivity index (χ3v) is 4.67. The monoisotopic (exact) mass is 438 g/mol. The van der Waals surface area contributed by atoms with Crippen LogP contribution in [-0.2, 0) is 11.2 Å². The van der Waals surface area contributed by atoms with E-state index in [2.05, 4.69) is 50.8 Å². The molecule has 0 fully saturated rings. The van der Waals surface area contributed by atoms with Crippen molar-refractivity contribution in [2.24, 2.45) is 0 Å². The molecule has 0 saturated heterocycles. The maximum atomic E-state index is 12.1. The molecule has 3 rings (SSSR count). The fraction of sp³-hybridized carbons (Fsp3) is 0.174. The van der Waals surface area contributed by atoms with E-state index >= 15 is 0 Å². The van der Waals surface area contributed by atoms with Gasteiger partial charge in [-0.05, 0) is 54.8 Å². The summed E-state index contributed by atoms with van der Waals surface area (Å²) in [5, 5.41) is 5.99. The summed E-state index contributed by atoms with van der Waals surface area (Å²) in [5.41, 5.74) is 2.94. The van der Waals surface area contributed by atoms with Crippen LogP contribution in [0.25, 0.3) is 0 Å². The predicted molar refractivity (Wildman–Crippen MR) is 118 cm³/mol. The van der Waals surface area contributed by atoms with E-state index in [-0.39, 0.29) is 12.5 Å². The van der Waals surface area contributed by atoms with E-state index in [4.69, 9.17) is 4.74 Å². The van der Waals surface area contributed by atoms with Gasteiger partial charge in [0.15, 0.2) is 0 Å². The molecule has 0 atom stereocenters. The minimum Gasteiger partial charge on any atom is -0.494 e. The standard InChI is InChI=1S/C23H23BrN2O2/c24-19-11-13-20(14-12-19)26-23(27)17-25-21-9-4-10-22(16-21)28-15-5-8-18-6-2-1-3-7-18/h1-4,6-7,9-14,16,25H,5,8,15,17H2,(H,26,27). The number of anilines is 2. The van der Waals surface area contributed by atoms with Crippen LogP contribution >= 0.6 is 15.9 Å². The number of amides is 1. The largest absolute Gasteiger partial charge is 0.494 e. The number of hydrogen-bond acceptors (Lipinski definition) is 3. The van der Waals surface area contributed by atoms with Gasteiger partial charge in [0, 0.05) is 21.9 Å². The number of carbonyl (C=O) groups is 1. The SMILES string of the molecule is O=C(CNc1cccc(OCCCc2ccccc2)c1)Nc1ccc(Br)cc1. The lowest BCUT2D eigenvalue weighted by molar-refractivity contribution is -0.114. The van der Waals surface area contributed by atoms with Crippen molar-refractivity contribution >= 4 is 33.2 Å². The van der Waals surface area contributed by atoms with Gasteiger partial charge in [0.2, 0.25) is 5.91 Å². The Balaban J connectivity index is 1.41. The first-order valence-corrected chi connectivity index (χ1v) is 10.0. The smallest absolute Gasteiger partial charge is 0.243 e. The van der Waals surface area contributed by atoms with Gasteiger partial charge in [-0.25, -0.2) is 0 Å². The molecule has 1 amide bonds. The second-order valence-corrected chi connectivity index (χ2v) is 7.29. The third kappa shape index (κ3) is 6.74. The van der Waals surface area contributed by atoms with Gasteiger partial charge >= 0.3 is 0 Å². The third-order valence-electron chi connectivity index (χ3n) is 4.14. The molecule has 144 valence electrons. The lowest BCUT2D eigenvalue weighted by Gasteiger charge is -2.10. The van der Waals surface area contributed by atoms with Gasteiger partial charge in [0.25, 0.3) is 0 Å². The molecular formula is C23H23BrN2O2. The zero-order valence-electron chi connectivity index (χ0n) is 15.5. The van der Waals surface area contributed by atoms with Crippen LogP contribution in [0.15, 0.2) is 83.3 Å². The molecule has 0 heterocycles. The van der Waals surface area contributed by atoms with E-state index in [1.165, 1.54) is 5.56 Å². The summed E-state index contributed by atoms with van der Waals surface area (Å²) in [6, 6.07) is 25.6. The van der Waals surface area contributed by atoms with Crippen molar-refractivity contribution in [2.75, 3.05) is 23.8 Å². The number of rotatable bonds is 9. The summed E-state index contributed by atoms with van der Waals surface area (Å²) >= 11 is 3.38. The van der Waals surface area contributed by atoms with E-state index in [1.54, 1.807) is 0 Å². The molecule has 4 nitrogen and oxygen atoms in total. The van der Waals surface area contributed by atoms with Crippen LogP contribution < -0.4 is 15.4 Å². The quantitative estimate of drug-likeness (QED) is 0.432. The summed E-state index contributed by atoms with van der Waals surface area (Å²) in [5.74, 6) is 0.697. The molecule has 3 aromatic carbocycles. The molecule has 0 aliphatic rings. The van der Waals surface area contributed by atoms with Crippen molar-refractivity contribution in [3.05, 3.63) is 88.9 Å². The molecule has 0 saturated carbocycles. The van der Waals surface area contributed by atoms with Gasteiger partial charge in [-0.3, -0.25) is 4.79 Å². The average Bonchev–Trinajstić information content (AvgIpc) is 2.73. The second-order valence-electron chi connectivity index (χ2n) is 6.37. The molecule has 0 aliphatic carbocycles. The molecule has 28 heavy (non-hydrogen) atoms. The Labute approximate surface area is 174 Å². The van der Waals surface area contributed by atoms with Crippen molar-refractivity contribution < 1.29 is 9.53 Å². The van der Waals surface area contributed by atoms with Crippen LogP contribution in [0.1, 0.15) is 12.0 Å². The molecule has 0 aliphatic heterocycles. The second kappa shape index (κ2) is 10.5. The summed E-state index contributed by atoms with van der Waals surface area (Å²) in [6.07, 6.45) is 1.95. The van der Waals surface area contributed by atoms with Crippen molar-refractivity contribution in [1.29, 1.82) is 0 Å². The van der Waals surface area contributed by atoms with Crippen molar-refractivity contribution in [3.8, 4) is 5.75 Å². The zero-order chi connectivity index (χ0) is 19.6. The van der Waals surface area contributed by atoms with Crippen LogP contribution in [0.2, 0.25) is 0 Å². The van der Waals surface area contributed by atoms with Gasteiger partial charge in [0.05, 0.1) is 13.2 Å². The maximum Gasteiger partial charge on any atom is 0.243 e. The number of aryl methyl sites for hydroxylation is 1. The first-order valence-electron chi connectivity index (χ1n) is 9.25. The highest BCUT2D eigenvalue weighted by molar-refractivity contribution is 9.10. The number of carbonyl (C=O) groups excluding carboxylic acids is 1. The molecule has 3 aromatic rings. The Morgan fingerprint density at radius 2 is 1.68 bits per heavy atom. The zero-order valence-corrected chi connectivity index (χ0v) is 17.1. The molecule has 0 aromatic heterocycles. The van der Waals surface area contributed by atoms with E-state index in [1.807, 2.05) is 54.6 Å². The topological polar surface area (TPSA) is 50.4 Å². The molecule has 0 radical (unpaired) electrons. The summed E-state index contributed by atoms with van der Waals surface area (Å²) < 4.78 is 6.81. The van der Waals surface area contributed by atoms with E-state index < -0.39 is 0 Å². The lowest BCUT2D eigenvalue weighted by atomic mass is 10.1. The van der Waals surface area contributed by atoms with Crippen LogP contribution in [0, 0.1) is 0 Å². The number of ether oxygens (including phenoxy) is 1. The summed E-state index contributed by atoms with van der Waals surface area (Å²) in [7, 11) is 0. The van der Waals surface area contributed by atoms with Gasteiger partial charge in [-0.2, -0.15) is 0 Å². The van der Waals surface area contributed by atoms with Crippen LogP contribution in [-0.4, -0.2) is 19.1 Å². The van der Waals surface area contributed by atoms with E-state index in [0.29, 0.717) is 6.61 Å². The molecule has 0 spiro atoms. The summed E-state index contributed by atoms with van der Waals surface area (Å²) in [6.45, 7) is 0.843. The van der Waals surface area contributed by atoms with Gasteiger partial charge < -0.3 is 15.4 Å². The number of halogens is 1. The molecule has 5 heteroatoms. The van der Waals surface area contributed by atoms with Crippen LogP contribution in [0.5, 0.6) is 5.75 Å². The van der Waals surface area contributed by atoms with Crippen molar-refractivity contribution in [2.45, 2.75) is 12.8 Å². The minimum atomic E-state index is -0.100. The lowest BCUT2D eigenvalue weighted by Crippen LogP contribution is -2.21. The molecule has 2 N–H and O–H groups in total. The van der Waals surface area contributed by atoms with Crippen molar-refractivity contribution in [3.63, 3.8) is 0 Å². The highest BCUT2D eigenvalue weighted by Crippen LogP contribution is 2.18. The van der Waals surface area contributed by atoms with Gasteiger partial charge in [0.1, 0.15) is 5.75 Å². The Bertz CT molecular complexity index is 883. The fourth-order valence-electron chi connectivity index (χ4n) is 2.73. The van der Waals surface area contributed by atoms with E-state index in [9.17, 15) is 4.79 Å². The Hall–Kier alpha value is -2.79. The van der Waals surface area contributed by atoms with Crippen molar-refractivity contribution in [1.82, 2.24) is 0 Å². The highest BCUT2D eigenvalue weighted by Gasteiger charge is 2.03. The van der Waals surface area contributed by atoms with Crippen LogP contribution in [0.4, 0.5) is 11.4 Å². The normalized spacial score (nSPS) is 10.3. The predicted octanol–water partition coefficient (Wildman–Crippen LogP) is 5.51. The Morgan fingerprint density at radius 3 is 2.46 bits per heavy atom. The highest BCUT2D eigenvalue weighted by atomic mass is 79.9. The van der Waals surface area contributed by atoms with E-state index in [0.717, 1.165) is 34.4 Å². The summed E-state index contributed by atoms with van der Waals surface area (Å²) in [4.78, 5) is 12.1. The van der Waals surface area contributed by atoms with Gasteiger partial charge in [-0.15, -0.1) is 0 Å². The van der Waals surface area contributed by atoms with Gasteiger partial charge in [-0.1, -0.05) is 52.3 Å². The maximum absolute atomic E-state index is 12.1.